The Kier molecular flexibility index (Phi) is 5.76. The highest BCUT2D eigenvalue weighted by Gasteiger charge is 2.26. The Morgan fingerprint density at radius 1 is 1.25 bits per heavy atom. The number of nitrogen functional groups attached to an aromatic ring is 1. The number of anilines is 1. The van der Waals surface area contributed by atoms with Crippen LogP contribution in [0.3, 0.4) is 0 Å². The van der Waals surface area contributed by atoms with Gasteiger partial charge in [0, 0.05) is 19.3 Å². The number of nitrogens with two attached hydrogens (primary N) is 1. The third-order valence-corrected chi connectivity index (χ3v) is 4.91. The summed E-state index contributed by atoms with van der Waals surface area (Å²) in [6, 6.07) is 2.26. The highest BCUT2D eigenvalue weighted by molar-refractivity contribution is 7.89. The lowest BCUT2D eigenvalue weighted by atomic mass is 10.3. The Morgan fingerprint density at radius 2 is 1.85 bits per heavy atom. The third kappa shape index (κ3) is 4.05. The molecule has 20 heavy (non-hydrogen) atoms. The molecule has 0 atom stereocenters. The molecule has 2 N–H and O–H groups in total. The molecule has 0 spiro atoms. The van der Waals surface area contributed by atoms with Gasteiger partial charge in [0.05, 0.1) is 5.02 Å². The van der Waals surface area contributed by atoms with Crippen molar-refractivity contribution in [1.82, 2.24) is 9.21 Å². The second-order valence-electron chi connectivity index (χ2n) is 4.80. The molecular weight excluding hydrogens is 305 g/mol. The van der Waals surface area contributed by atoms with Crippen LogP contribution in [-0.4, -0.2) is 51.9 Å². The van der Waals surface area contributed by atoms with Crippen molar-refractivity contribution in [3.8, 4) is 0 Å². The van der Waals surface area contributed by atoms with Crippen LogP contribution in [0, 0.1) is 5.82 Å². The first-order chi connectivity index (χ1) is 9.16. The van der Waals surface area contributed by atoms with Gasteiger partial charge in [-0.3, -0.25) is 0 Å². The molecule has 8 heteroatoms. The summed E-state index contributed by atoms with van der Waals surface area (Å²) in [5, 5.41) is -0.301. The number of hydrogen-bond acceptors (Lipinski definition) is 4. The molecule has 5 nitrogen and oxygen atoms in total. The predicted molar refractivity (Wildman–Crippen MR) is 78.8 cm³/mol. The lowest BCUT2D eigenvalue weighted by molar-refractivity contribution is 0.369. The Morgan fingerprint density at radius 3 is 2.40 bits per heavy atom. The van der Waals surface area contributed by atoms with E-state index >= 15 is 0 Å². The van der Waals surface area contributed by atoms with Crippen LogP contribution in [0.1, 0.15) is 6.42 Å². The normalized spacial score (nSPS) is 12.3. The smallest absolute Gasteiger partial charge is 0.245 e. The topological polar surface area (TPSA) is 66.6 Å². The van der Waals surface area contributed by atoms with Gasteiger partial charge in [-0.15, -0.1) is 0 Å². The summed E-state index contributed by atoms with van der Waals surface area (Å²) in [6.07, 6.45) is 0.639. The minimum atomic E-state index is -3.94. The summed E-state index contributed by atoms with van der Waals surface area (Å²) in [7, 11) is 1.26. The maximum Gasteiger partial charge on any atom is 0.245 e. The van der Waals surface area contributed by atoms with Crippen LogP contribution in [0.5, 0.6) is 0 Å². The number of rotatable bonds is 6. The lowest BCUT2D eigenvalue weighted by Gasteiger charge is -2.19. The number of hydrogen-bond donors (Lipinski definition) is 1. The fourth-order valence-corrected chi connectivity index (χ4v) is 3.28. The van der Waals surface area contributed by atoms with Crippen LogP contribution >= 0.6 is 11.6 Å². The summed E-state index contributed by atoms with van der Waals surface area (Å²) in [4.78, 5) is 1.45. The van der Waals surface area contributed by atoms with Gasteiger partial charge in [0.2, 0.25) is 10.0 Å². The van der Waals surface area contributed by atoms with Crippen LogP contribution < -0.4 is 5.73 Å². The fraction of sp³-hybridized carbons (Fsp3) is 0.500. The Hall–Kier alpha value is -0.890. The van der Waals surface area contributed by atoms with Gasteiger partial charge in [-0.05, 0) is 39.2 Å². The summed E-state index contributed by atoms with van der Waals surface area (Å²) >= 11 is 5.63. The molecule has 0 fully saturated rings. The first-order valence-corrected chi connectivity index (χ1v) is 7.83. The molecule has 0 radical (unpaired) electrons. The summed E-state index contributed by atoms with van der Waals surface area (Å²) in [5.74, 6) is -0.972. The van der Waals surface area contributed by atoms with Crippen LogP contribution in [-0.2, 0) is 10.0 Å². The van der Waals surface area contributed by atoms with E-state index in [0.29, 0.717) is 6.42 Å². The molecule has 1 rings (SSSR count). The molecule has 114 valence electrons. The fourth-order valence-electron chi connectivity index (χ4n) is 1.67. The van der Waals surface area contributed by atoms with E-state index in [9.17, 15) is 12.8 Å². The van der Waals surface area contributed by atoms with Gasteiger partial charge in [-0.1, -0.05) is 11.6 Å². The Bertz CT molecular complexity index is 578. The van der Waals surface area contributed by atoms with Crippen LogP contribution in [0.2, 0.25) is 5.02 Å². The monoisotopic (exact) mass is 323 g/mol. The van der Waals surface area contributed by atoms with Crippen LogP contribution in [0.15, 0.2) is 17.0 Å². The van der Waals surface area contributed by atoms with Crippen molar-refractivity contribution in [2.75, 3.05) is 40.0 Å². The number of nitrogens with zero attached hydrogens (tertiary/aromatic N) is 2. The zero-order valence-electron chi connectivity index (χ0n) is 11.7. The van der Waals surface area contributed by atoms with E-state index in [1.165, 1.54) is 13.1 Å². The minimum Gasteiger partial charge on any atom is -0.399 e. The van der Waals surface area contributed by atoms with Crippen molar-refractivity contribution >= 4 is 27.3 Å². The summed E-state index contributed by atoms with van der Waals surface area (Å²) in [6.45, 7) is 1.02. The summed E-state index contributed by atoms with van der Waals surface area (Å²) < 4.78 is 39.6. The molecule has 1 aromatic rings. The van der Waals surface area contributed by atoms with Gasteiger partial charge in [-0.2, -0.15) is 0 Å². The predicted octanol–water partition coefficient (Wildman–Crippen LogP) is 1.63. The molecule has 0 saturated heterocycles. The quantitative estimate of drug-likeness (QED) is 0.808. The molecular formula is C12H19ClFN3O2S. The zero-order valence-corrected chi connectivity index (χ0v) is 13.3. The first kappa shape index (κ1) is 17.2. The number of halogens is 2. The maximum absolute atomic E-state index is 13.9. The molecule has 0 unspecified atom stereocenters. The van der Waals surface area contributed by atoms with E-state index in [-0.39, 0.29) is 17.3 Å². The largest absolute Gasteiger partial charge is 0.399 e. The molecule has 0 saturated carbocycles. The van der Waals surface area contributed by atoms with Crippen molar-refractivity contribution in [3.05, 3.63) is 23.0 Å². The van der Waals surface area contributed by atoms with Crippen LogP contribution in [0.4, 0.5) is 10.1 Å². The van der Waals surface area contributed by atoms with Crippen molar-refractivity contribution in [2.45, 2.75) is 11.3 Å². The van der Waals surface area contributed by atoms with Crippen molar-refractivity contribution in [2.24, 2.45) is 0 Å². The van der Waals surface area contributed by atoms with Gasteiger partial charge in [0.1, 0.15) is 4.90 Å². The average molecular weight is 324 g/mol. The molecule has 0 aliphatic heterocycles. The van der Waals surface area contributed by atoms with Gasteiger partial charge in [-0.25, -0.2) is 17.1 Å². The van der Waals surface area contributed by atoms with Gasteiger partial charge >= 0.3 is 0 Å². The van der Waals surface area contributed by atoms with E-state index in [1.54, 1.807) is 0 Å². The molecule has 0 bridgehead atoms. The van der Waals surface area contributed by atoms with Crippen molar-refractivity contribution in [3.63, 3.8) is 0 Å². The van der Waals surface area contributed by atoms with E-state index in [4.69, 9.17) is 17.3 Å². The third-order valence-electron chi connectivity index (χ3n) is 2.78. The van der Waals surface area contributed by atoms with E-state index in [1.807, 2.05) is 19.0 Å². The number of sulfonamides is 1. The highest BCUT2D eigenvalue weighted by Crippen LogP contribution is 2.27. The second-order valence-corrected chi connectivity index (χ2v) is 7.22. The van der Waals surface area contributed by atoms with Gasteiger partial charge < -0.3 is 10.6 Å². The van der Waals surface area contributed by atoms with Crippen LogP contribution in [0.25, 0.3) is 0 Å². The lowest BCUT2D eigenvalue weighted by Crippen LogP contribution is -2.30. The molecule has 0 aliphatic rings. The summed E-state index contributed by atoms with van der Waals surface area (Å²) in [5.41, 5.74) is 5.63. The van der Waals surface area contributed by atoms with E-state index < -0.39 is 20.7 Å². The van der Waals surface area contributed by atoms with Gasteiger partial charge in [0.15, 0.2) is 5.82 Å². The maximum atomic E-state index is 13.9. The van der Waals surface area contributed by atoms with Crippen molar-refractivity contribution < 1.29 is 12.8 Å². The second kappa shape index (κ2) is 6.71. The van der Waals surface area contributed by atoms with Gasteiger partial charge in [0.25, 0.3) is 0 Å². The molecule has 0 heterocycles. The average Bonchev–Trinajstić information content (AvgIpc) is 2.32. The molecule has 0 amide bonds. The minimum absolute atomic E-state index is 0.108. The Balaban J connectivity index is 2.99. The molecule has 0 aromatic heterocycles. The van der Waals surface area contributed by atoms with E-state index in [2.05, 4.69) is 0 Å². The Labute approximate surface area is 124 Å². The molecule has 0 aliphatic carbocycles. The number of benzene rings is 1. The van der Waals surface area contributed by atoms with Crippen molar-refractivity contribution in [1.29, 1.82) is 0 Å². The van der Waals surface area contributed by atoms with E-state index in [0.717, 1.165) is 16.9 Å². The SMILES string of the molecule is CN(C)CCCN(C)S(=O)(=O)c1cc(N)cc(Cl)c1F. The first-order valence-electron chi connectivity index (χ1n) is 6.02. The standard InChI is InChI=1S/C12H19ClFN3O2S/c1-16(2)5-4-6-17(3)20(18,19)11-8-9(15)7-10(13)12(11)14/h7-8H,4-6,15H2,1-3H3. The molecule has 1 aromatic carbocycles. The highest BCUT2D eigenvalue weighted by atomic mass is 35.5. The zero-order chi connectivity index (χ0) is 15.5.